The number of methoxy groups -OCH3 is 1. The van der Waals surface area contributed by atoms with Crippen LogP contribution in [0.3, 0.4) is 0 Å². The fraction of sp³-hybridized carbons (Fsp3) is 0.520. The van der Waals surface area contributed by atoms with E-state index in [1.54, 1.807) is 7.11 Å². The number of dihydropyridines is 1. The van der Waals surface area contributed by atoms with Gasteiger partial charge in [-0.15, -0.1) is 0 Å². The lowest BCUT2D eigenvalue weighted by molar-refractivity contribution is -0.144. The summed E-state index contributed by atoms with van der Waals surface area (Å²) in [5.41, 5.74) is 3.72. The molecule has 3 aliphatic rings. The largest absolute Gasteiger partial charge is 0.493 e. The van der Waals surface area contributed by atoms with Crippen LogP contribution in [0.15, 0.2) is 40.7 Å². The zero-order chi connectivity index (χ0) is 22.0. The number of esters is 1. The van der Waals surface area contributed by atoms with Crippen molar-refractivity contribution in [2.24, 2.45) is 0 Å². The van der Waals surface area contributed by atoms with Crippen LogP contribution in [0.5, 0.6) is 11.5 Å². The van der Waals surface area contributed by atoms with Gasteiger partial charge in [0.2, 0.25) is 0 Å². The van der Waals surface area contributed by atoms with Gasteiger partial charge in [0.25, 0.3) is 0 Å². The third kappa shape index (κ3) is 4.21. The van der Waals surface area contributed by atoms with Gasteiger partial charge in [-0.3, -0.25) is 4.79 Å². The molecule has 1 heterocycles. The van der Waals surface area contributed by atoms with Gasteiger partial charge < -0.3 is 19.5 Å². The Morgan fingerprint density at radius 1 is 1.13 bits per heavy atom. The monoisotopic (exact) mass is 425 g/mol. The van der Waals surface area contributed by atoms with E-state index in [4.69, 9.17) is 14.2 Å². The van der Waals surface area contributed by atoms with Crippen molar-refractivity contribution < 1.29 is 23.8 Å². The van der Waals surface area contributed by atoms with Crippen molar-refractivity contribution >= 4 is 11.8 Å². The Hall–Kier alpha value is -2.76. The third-order valence-electron chi connectivity index (χ3n) is 6.39. The van der Waals surface area contributed by atoms with Gasteiger partial charge in [0.05, 0.1) is 19.3 Å². The van der Waals surface area contributed by atoms with Crippen molar-refractivity contribution in [2.75, 3.05) is 13.7 Å². The van der Waals surface area contributed by atoms with Crippen LogP contribution in [-0.2, 0) is 14.3 Å². The number of carbonyl (C=O) groups is 2. The molecule has 0 saturated heterocycles. The standard InChI is InChI=1S/C25H31NO5/c1-4-30-20-13-12-16(14-21(20)29-3)23-22(25(28)31-17-8-5-6-9-17)15(2)26-18-10-7-11-19(27)24(18)23/h12-14,17,23,26H,4-11H2,1-3H3/t23-/m1/s1. The smallest absolute Gasteiger partial charge is 0.337 e. The summed E-state index contributed by atoms with van der Waals surface area (Å²) in [6.45, 7) is 4.34. The maximum Gasteiger partial charge on any atom is 0.337 e. The van der Waals surface area contributed by atoms with Crippen LogP contribution < -0.4 is 14.8 Å². The molecule has 0 unspecified atom stereocenters. The number of rotatable bonds is 6. The van der Waals surface area contributed by atoms with Crippen LogP contribution in [0.25, 0.3) is 0 Å². The summed E-state index contributed by atoms with van der Waals surface area (Å²) >= 11 is 0. The summed E-state index contributed by atoms with van der Waals surface area (Å²) in [5, 5.41) is 3.35. The van der Waals surface area contributed by atoms with Gasteiger partial charge in [-0.1, -0.05) is 6.07 Å². The molecule has 0 radical (unpaired) electrons. The maximum atomic E-state index is 13.3. The minimum atomic E-state index is -0.470. The Morgan fingerprint density at radius 3 is 2.61 bits per heavy atom. The maximum absolute atomic E-state index is 13.3. The first-order chi connectivity index (χ1) is 15.0. The molecule has 0 bridgehead atoms. The van der Waals surface area contributed by atoms with E-state index in [9.17, 15) is 9.59 Å². The summed E-state index contributed by atoms with van der Waals surface area (Å²) in [7, 11) is 1.59. The number of hydrogen-bond donors (Lipinski definition) is 1. The molecular formula is C25H31NO5. The molecule has 1 aliphatic heterocycles. The van der Waals surface area contributed by atoms with E-state index in [1.165, 1.54) is 0 Å². The molecule has 0 amide bonds. The molecule has 1 aromatic rings. The molecule has 6 nitrogen and oxygen atoms in total. The van der Waals surface area contributed by atoms with Gasteiger partial charge in [-0.05, 0) is 70.1 Å². The number of nitrogens with one attached hydrogen (secondary N) is 1. The molecule has 1 aromatic carbocycles. The molecule has 2 aliphatic carbocycles. The predicted octanol–water partition coefficient (Wildman–Crippen LogP) is 4.55. The fourth-order valence-corrected chi connectivity index (χ4v) is 4.95. The van der Waals surface area contributed by atoms with Gasteiger partial charge in [-0.2, -0.15) is 0 Å². The average Bonchev–Trinajstić information content (AvgIpc) is 3.26. The summed E-state index contributed by atoms with van der Waals surface area (Å²) in [5.74, 6) is 0.513. The molecule has 1 saturated carbocycles. The predicted molar refractivity (Wildman–Crippen MR) is 117 cm³/mol. The van der Waals surface area contributed by atoms with Crippen LogP contribution in [0.2, 0.25) is 0 Å². The third-order valence-corrected chi connectivity index (χ3v) is 6.39. The summed E-state index contributed by atoms with van der Waals surface area (Å²) in [6, 6.07) is 5.65. The highest BCUT2D eigenvalue weighted by molar-refractivity contribution is 6.03. The lowest BCUT2D eigenvalue weighted by Crippen LogP contribution is -2.35. The number of hydrogen-bond acceptors (Lipinski definition) is 6. The Bertz CT molecular complexity index is 939. The van der Waals surface area contributed by atoms with Gasteiger partial charge in [-0.25, -0.2) is 4.79 Å². The number of benzene rings is 1. The van der Waals surface area contributed by atoms with E-state index in [0.717, 1.165) is 55.5 Å². The van der Waals surface area contributed by atoms with E-state index in [1.807, 2.05) is 32.0 Å². The van der Waals surface area contributed by atoms with E-state index >= 15 is 0 Å². The second-order valence-electron chi connectivity index (χ2n) is 8.42. The van der Waals surface area contributed by atoms with Gasteiger partial charge in [0, 0.05) is 29.3 Å². The highest BCUT2D eigenvalue weighted by Gasteiger charge is 2.40. The van der Waals surface area contributed by atoms with Crippen molar-refractivity contribution in [3.8, 4) is 11.5 Å². The highest BCUT2D eigenvalue weighted by atomic mass is 16.5. The lowest BCUT2D eigenvalue weighted by Gasteiger charge is -2.34. The second-order valence-corrected chi connectivity index (χ2v) is 8.42. The van der Waals surface area contributed by atoms with E-state index in [-0.39, 0.29) is 17.9 Å². The first-order valence-corrected chi connectivity index (χ1v) is 11.3. The molecule has 4 rings (SSSR count). The summed E-state index contributed by atoms with van der Waals surface area (Å²) < 4.78 is 17.1. The van der Waals surface area contributed by atoms with Gasteiger partial charge >= 0.3 is 5.97 Å². The number of carbonyl (C=O) groups excluding carboxylic acids is 2. The Morgan fingerprint density at radius 2 is 1.90 bits per heavy atom. The average molecular weight is 426 g/mol. The molecule has 1 fully saturated rings. The minimum absolute atomic E-state index is 0.0410. The van der Waals surface area contributed by atoms with Gasteiger partial charge in [0.15, 0.2) is 17.3 Å². The highest BCUT2D eigenvalue weighted by Crippen LogP contribution is 2.44. The summed E-state index contributed by atoms with van der Waals surface area (Å²) in [6.07, 6.45) is 6.05. The van der Waals surface area contributed by atoms with Crippen molar-refractivity contribution in [1.82, 2.24) is 5.32 Å². The van der Waals surface area contributed by atoms with Crippen LogP contribution in [0.1, 0.15) is 70.3 Å². The van der Waals surface area contributed by atoms with E-state index < -0.39 is 5.92 Å². The second kappa shape index (κ2) is 9.16. The van der Waals surface area contributed by atoms with E-state index in [2.05, 4.69) is 5.32 Å². The Labute approximate surface area is 183 Å². The molecule has 166 valence electrons. The number of allylic oxidation sites excluding steroid dienone is 3. The quantitative estimate of drug-likeness (QED) is 0.674. The first kappa shape index (κ1) is 21.5. The number of ketones is 1. The SMILES string of the molecule is CCOc1ccc([C@@H]2C(C(=O)OC3CCCC3)=C(C)NC3=C2C(=O)CCC3)cc1OC. The van der Waals surface area contributed by atoms with Crippen LogP contribution in [-0.4, -0.2) is 31.6 Å². The Balaban J connectivity index is 1.78. The van der Waals surface area contributed by atoms with Crippen molar-refractivity contribution in [2.45, 2.75) is 70.8 Å². The van der Waals surface area contributed by atoms with Gasteiger partial charge in [0.1, 0.15) is 6.10 Å². The molecule has 6 heteroatoms. The minimum Gasteiger partial charge on any atom is -0.493 e. The van der Waals surface area contributed by atoms with Crippen molar-refractivity contribution in [3.63, 3.8) is 0 Å². The molecule has 1 N–H and O–H groups in total. The Kier molecular flexibility index (Phi) is 6.35. The number of Topliss-reactive ketones (excluding diaryl/α,β-unsaturated/α-hetero) is 1. The van der Waals surface area contributed by atoms with Crippen molar-refractivity contribution in [3.05, 3.63) is 46.3 Å². The van der Waals surface area contributed by atoms with E-state index in [0.29, 0.717) is 35.7 Å². The zero-order valence-corrected chi connectivity index (χ0v) is 18.6. The number of ether oxygens (including phenoxy) is 3. The lowest BCUT2D eigenvalue weighted by atomic mass is 9.75. The molecule has 0 spiro atoms. The zero-order valence-electron chi connectivity index (χ0n) is 18.6. The summed E-state index contributed by atoms with van der Waals surface area (Å²) in [4.78, 5) is 26.4. The van der Waals surface area contributed by atoms with Crippen LogP contribution >= 0.6 is 0 Å². The molecule has 1 atom stereocenters. The fourth-order valence-electron chi connectivity index (χ4n) is 4.95. The molecule has 31 heavy (non-hydrogen) atoms. The first-order valence-electron chi connectivity index (χ1n) is 11.3. The topological polar surface area (TPSA) is 73.9 Å². The van der Waals surface area contributed by atoms with Crippen LogP contribution in [0.4, 0.5) is 0 Å². The van der Waals surface area contributed by atoms with Crippen LogP contribution in [0, 0.1) is 0 Å². The molecule has 0 aromatic heterocycles. The molecular weight excluding hydrogens is 394 g/mol. The normalized spacial score (nSPS) is 21.6. The van der Waals surface area contributed by atoms with Crippen molar-refractivity contribution in [1.29, 1.82) is 0 Å².